The van der Waals surface area contributed by atoms with Crippen LogP contribution in [0.1, 0.15) is 136 Å². The third-order valence-electron chi connectivity index (χ3n) is 5.33. The molecule has 1 heteroatoms. The standard InChI is InChI=1S/C22H47N/c1-4-7-10-13-14-15-18-21-22(23,19-16-11-8-5-2)20-17-12-9-6-3/h4-21,23H2,1-3H3. The van der Waals surface area contributed by atoms with Gasteiger partial charge in [-0.2, -0.15) is 0 Å². The maximum Gasteiger partial charge on any atom is 0.0154 e. The molecule has 0 radical (unpaired) electrons. The third kappa shape index (κ3) is 15.2. The highest BCUT2D eigenvalue weighted by Gasteiger charge is 2.23. The maximum atomic E-state index is 6.82. The normalized spacial score (nSPS) is 12.0. The van der Waals surface area contributed by atoms with Crippen LogP contribution in [0.15, 0.2) is 0 Å². The lowest BCUT2D eigenvalue weighted by Crippen LogP contribution is -2.39. The predicted octanol–water partition coefficient (Wildman–Crippen LogP) is 7.77. The molecule has 0 atom stereocenters. The van der Waals surface area contributed by atoms with E-state index in [1.54, 1.807) is 0 Å². The summed E-state index contributed by atoms with van der Waals surface area (Å²) >= 11 is 0. The molecule has 1 nitrogen and oxygen atoms in total. The molecule has 23 heavy (non-hydrogen) atoms. The van der Waals surface area contributed by atoms with E-state index in [0.717, 1.165) is 0 Å². The molecule has 0 spiro atoms. The smallest absolute Gasteiger partial charge is 0.0154 e. The van der Waals surface area contributed by atoms with E-state index < -0.39 is 0 Å². The van der Waals surface area contributed by atoms with Crippen molar-refractivity contribution in [3.05, 3.63) is 0 Å². The fourth-order valence-corrected chi connectivity index (χ4v) is 3.62. The van der Waals surface area contributed by atoms with Gasteiger partial charge in [0.05, 0.1) is 0 Å². The first-order chi connectivity index (χ1) is 11.2. The Bertz CT molecular complexity index is 212. The Morgan fingerprint density at radius 3 is 1.04 bits per heavy atom. The molecular formula is C22H47N. The van der Waals surface area contributed by atoms with E-state index in [-0.39, 0.29) is 5.54 Å². The largest absolute Gasteiger partial charge is 0.325 e. The van der Waals surface area contributed by atoms with Crippen molar-refractivity contribution in [1.29, 1.82) is 0 Å². The van der Waals surface area contributed by atoms with E-state index in [1.165, 1.54) is 116 Å². The molecule has 0 aliphatic heterocycles. The summed E-state index contributed by atoms with van der Waals surface area (Å²) in [6.45, 7) is 6.87. The van der Waals surface area contributed by atoms with E-state index >= 15 is 0 Å². The first-order valence-corrected chi connectivity index (χ1v) is 11.0. The molecular weight excluding hydrogens is 278 g/mol. The van der Waals surface area contributed by atoms with Crippen LogP contribution in [0.25, 0.3) is 0 Å². The van der Waals surface area contributed by atoms with E-state index in [0.29, 0.717) is 0 Å². The van der Waals surface area contributed by atoms with E-state index in [9.17, 15) is 0 Å². The summed E-state index contributed by atoms with van der Waals surface area (Å²) in [5.74, 6) is 0. The van der Waals surface area contributed by atoms with Gasteiger partial charge in [0.25, 0.3) is 0 Å². The lowest BCUT2D eigenvalue weighted by molar-refractivity contribution is 0.303. The van der Waals surface area contributed by atoms with Crippen LogP contribution in [0, 0.1) is 0 Å². The molecule has 0 aromatic carbocycles. The van der Waals surface area contributed by atoms with Gasteiger partial charge in [-0.15, -0.1) is 0 Å². The van der Waals surface area contributed by atoms with Crippen molar-refractivity contribution in [3.8, 4) is 0 Å². The van der Waals surface area contributed by atoms with Crippen molar-refractivity contribution in [1.82, 2.24) is 0 Å². The summed E-state index contributed by atoms with van der Waals surface area (Å²) in [5, 5.41) is 0. The van der Waals surface area contributed by atoms with Crippen LogP contribution in [-0.4, -0.2) is 5.54 Å². The second-order valence-corrected chi connectivity index (χ2v) is 7.86. The highest BCUT2D eigenvalue weighted by atomic mass is 14.7. The molecule has 0 aromatic heterocycles. The van der Waals surface area contributed by atoms with Crippen molar-refractivity contribution < 1.29 is 0 Å². The minimum Gasteiger partial charge on any atom is -0.325 e. The molecule has 0 heterocycles. The summed E-state index contributed by atoms with van der Waals surface area (Å²) in [4.78, 5) is 0. The molecule has 2 N–H and O–H groups in total. The van der Waals surface area contributed by atoms with Crippen LogP contribution in [0.4, 0.5) is 0 Å². The Balaban J connectivity index is 3.94. The van der Waals surface area contributed by atoms with Gasteiger partial charge >= 0.3 is 0 Å². The number of nitrogens with two attached hydrogens (primary N) is 1. The van der Waals surface area contributed by atoms with Crippen LogP contribution in [0.3, 0.4) is 0 Å². The van der Waals surface area contributed by atoms with Gasteiger partial charge in [-0.25, -0.2) is 0 Å². The van der Waals surface area contributed by atoms with Gasteiger partial charge in [0.15, 0.2) is 0 Å². The first kappa shape index (κ1) is 23.0. The zero-order valence-corrected chi connectivity index (χ0v) is 16.8. The zero-order chi connectivity index (χ0) is 17.2. The van der Waals surface area contributed by atoms with E-state index in [4.69, 9.17) is 5.73 Å². The number of hydrogen-bond acceptors (Lipinski definition) is 1. The Labute approximate surface area is 148 Å². The predicted molar refractivity (Wildman–Crippen MR) is 107 cm³/mol. The van der Waals surface area contributed by atoms with Crippen molar-refractivity contribution >= 4 is 0 Å². The first-order valence-electron chi connectivity index (χ1n) is 11.0. The molecule has 0 fully saturated rings. The molecule has 0 unspecified atom stereocenters. The van der Waals surface area contributed by atoms with Crippen molar-refractivity contribution in [3.63, 3.8) is 0 Å². The minimum atomic E-state index is 0.144. The Hall–Kier alpha value is -0.0400. The lowest BCUT2D eigenvalue weighted by Gasteiger charge is -2.30. The van der Waals surface area contributed by atoms with Gasteiger partial charge in [-0.05, 0) is 19.3 Å². The summed E-state index contributed by atoms with van der Waals surface area (Å²) in [5.41, 5.74) is 6.97. The number of unbranched alkanes of at least 4 members (excludes halogenated alkanes) is 12. The van der Waals surface area contributed by atoms with Crippen LogP contribution in [0.2, 0.25) is 0 Å². The highest BCUT2D eigenvalue weighted by molar-refractivity contribution is 4.84. The van der Waals surface area contributed by atoms with Gasteiger partial charge in [0, 0.05) is 5.54 Å². The molecule has 0 amide bonds. The fourth-order valence-electron chi connectivity index (χ4n) is 3.62. The molecule has 0 aliphatic carbocycles. The molecule has 0 bridgehead atoms. The minimum absolute atomic E-state index is 0.144. The van der Waals surface area contributed by atoms with Gasteiger partial charge in [-0.3, -0.25) is 0 Å². The van der Waals surface area contributed by atoms with Crippen molar-refractivity contribution in [2.45, 2.75) is 142 Å². The average molecular weight is 326 g/mol. The second-order valence-electron chi connectivity index (χ2n) is 7.86. The monoisotopic (exact) mass is 325 g/mol. The zero-order valence-electron chi connectivity index (χ0n) is 16.8. The third-order valence-corrected chi connectivity index (χ3v) is 5.33. The van der Waals surface area contributed by atoms with Crippen molar-refractivity contribution in [2.75, 3.05) is 0 Å². The Kier molecular flexibility index (Phi) is 16.8. The summed E-state index contributed by atoms with van der Waals surface area (Å²) in [6.07, 6.45) is 24.4. The van der Waals surface area contributed by atoms with Gasteiger partial charge < -0.3 is 5.73 Å². The summed E-state index contributed by atoms with van der Waals surface area (Å²) in [6, 6.07) is 0. The maximum absolute atomic E-state index is 6.82. The SMILES string of the molecule is CCCCCCCCCC(N)(CCCCCC)CCCCCC. The Morgan fingerprint density at radius 1 is 0.435 bits per heavy atom. The molecule has 0 aromatic rings. The van der Waals surface area contributed by atoms with E-state index in [2.05, 4.69) is 20.8 Å². The fraction of sp³-hybridized carbons (Fsp3) is 1.00. The van der Waals surface area contributed by atoms with Crippen molar-refractivity contribution in [2.24, 2.45) is 5.73 Å². The number of rotatable bonds is 18. The van der Waals surface area contributed by atoms with Gasteiger partial charge in [0.2, 0.25) is 0 Å². The molecule has 0 rings (SSSR count). The average Bonchev–Trinajstić information content (AvgIpc) is 2.55. The summed E-state index contributed by atoms with van der Waals surface area (Å²) in [7, 11) is 0. The van der Waals surface area contributed by atoms with Crippen LogP contribution >= 0.6 is 0 Å². The molecule has 0 aliphatic rings. The lowest BCUT2D eigenvalue weighted by atomic mass is 9.83. The molecule has 0 saturated heterocycles. The van der Waals surface area contributed by atoms with Gasteiger partial charge in [-0.1, -0.05) is 117 Å². The number of hydrogen-bond donors (Lipinski definition) is 1. The quantitative estimate of drug-likeness (QED) is 0.256. The molecule has 140 valence electrons. The van der Waals surface area contributed by atoms with Gasteiger partial charge in [0.1, 0.15) is 0 Å². The molecule has 0 saturated carbocycles. The topological polar surface area (TPSA) is 26.0 Å². The second kappa shape index (κ2) is 16.8. The van der Waals surface area contributed by atoms with E-state index in [1.807, 2.05) is 0 Å². The Morgan fingerprint density at radius 2 is 0.696 bits per heavy atom. The summed E-state index contributed by atoms with van der Waals surface area (Å²) < 4.78 is 0. The van der Waals surface area contributed by atoms with Crippen LogP contribution in [-0.2, 0) is 0 Å². The highest BCUT2D eigenvalue weighted by Crippen LogP contribution is 2.26. The van der Waals surface area contributed by atoms with Crippen LogP contribution < -0.4 is 5.73 Å². The van der Waals surface area contributed by atoms with Crippen LogP contribution in [0.5, 0.6) is 0 Å².